The zero-order chi connectivity index (χ0) is 14.9. The Morgan fingerprint density at radius 2 is 1.90 bits per heavy atom. The Labute approximate surface area is 128 Å². The van der Waals surface area contributed by atoms with Crippen LogP contribution in [0, 0.1) is 0 Å². The molecule has 108 valence electrons. The van der Waals surface area contributed by atoms with Gasteiger partial charge in [-0.15, -0.1) is 0 Å². The van der Waals surface area contributed by atoms with Crippen molar-refractivity contribution in [3.8, 4) is 5.75 Å². The van der Waals surface area contributed by atoms with Crippen LogP contribution in [-0.4, -0.2) is 25.1 Å². The molecule has 0 saturated heterocycles. The Morgan fingerprint density at radius 3 is 2.62 bits per heavy atom. The molecule has 0 aliphatic carbocycles. The highest BCUT2D eigenvalue weighted by Gasteiger charge is 2.20. The molecule has 0 saturated carbocycles. The third-order valence-electron chi connectivity index (χ3n) is 3.15. The van der Waals surface area contributed by atoms with E-state index in [9.17, 15) is 8.42 Å². The van der Waals surface area contributed by atoms with Gasteiger partial charge in [0.05, 0.1) is 11.5 Å². The highest BCUT2D eigenvalue weighted by atomic mass is 32.2. The summed E-state index contributed by atoms with van der Waals surface area (Å²) in [4.78, 5) is 0. The molecule has 0 atom stereocenters. The second kappa shape index (κ2) is 5.46. The van der Waals surface area contributed by atoms with Gasteiger partial charge in [0.2, 0.25) is 0 Å². The van der Waals surface area contributed by atoms with Crippen molar-refractivity contribution in [3.05, 3.63) is 54.2 Å². The first-order chi connectivity index (χ1) is 10.0. The number of sulfone groups is 1. The van der Waals surface area contributed by atoms with Gasteiger partial charge in [-0.1, -0.05) is 30.3 Å². The lowest BCUT2D eigenvalue weighted by Crippen LogP contribution is -2.27. The summed E-state index contributed by atoms with van der Waals surface area (Å²) >= 11 is 5.10. The van der Waals surface area contributed by atoms with Crippen molar-refractivity contribution >= 4 is 38.0 Å². The van der Waals surface area contributed by atoms with Crippen LogP contribution in [0.3, 0.4) is 0 Å². The first kappa shape index (κ1) is 14.0. The smallest absolute Gasteiger partial charge is 0.266 e. The summed E-state index contributed by atoms with van der Waals surface area (Å²) < 4.78 is 28.2. The van der Waals surface area contributed by atoms with Crippen molar-refractivity contribution in [2.45, 2.75) is 0 Å². The first-order valence-corrected chi connectivity index (χ1v) is 8.62. The zero-order valence-corrected chi connectivity index (χ0v) is 12.7. The molecule has 0 spiro atoms. The number of thiocarbonyl (C=S) groups is 1. The average Bonchev–Trinajstić information content (AvgIpc) is 2.77. The summed E-state index contributed by atoms with van der Waals surface area (Å²) in [5.74, 6) is 0.648. The van der Waals surface area contributed by atoms with Crippen molar-refractivity contribution in [2.24, 2.45) is 0 Å². The van der Waals surface area contributed by atoms with Gasteiger partial charge in [-0.3, -0.25) is 0 Å². The van der Waals surface area contributed by atoms with Crippen molar-refractivity contribution in [1.82, 2.24) is 5.32 Å². The van der Waals surface area contributed by atoms with E-state index in [1.165, 1.54) is 0 Å². The lowest BCUT2D eigenvalue weighted by molar-refractivity contribution is 0.543. The van der Waals surface area contributed by atoms with Crippen LogP contribution >= 0.6 is 12.2 Å². The van der Waals surface area contributed by atoms with E-state index in [1.807, 2.05) is 42.5 Å². The molecule has 1 aliphatic rings. The van der Waals surface area contributed by atoms with Crippen molar-refractivity contribution in [2.75, 3.05) is 11.5 Å². The highest BCUT2D eigenvalue weighted by Crippen LogP contribution is 2.20. The Bertz CT molecular complexity index is 841. The van der Waals surface area contributed by atoms with Crippen LogP contribution in [-0.2, 0) is 9.84 Å². The van der Waals surface area contributed by atoms with Crippen LogP contribution in [0.1, 0.15) is 0 Å². The van der Waals surface area contributed by atoms with Crippen molar-refractivity contribution in [1.29, 1.82) is 0 Å². The summed E-state index contributed by atoms with van der Waals surface area (Å²) in [6.45, 7) is 0. The molecule has 0 bridgehead atoms. The second-order valence-electron chi connectivity index (χ2n) is 4.81. The third kappa shape index (κ3) is 3.40. The molecule has 0 radical (unpaired) electrons. The topological polar surface area (TPSA) is 55.4 Å². The fourth-order valence-electron chi connectivity index (χ4n) is 2.16. The van der Waals surface area contributed by atoms with Crippen LogP contribution in [0.5, 0.6) is 5.75 Å². The summed E-state index contributed by atoms with van der Waals surface area (Å²) in [7, 11) is -3.01. The lowest BCUT2D eigenvalue weighted by Gasteiger charge is -2.10. The van der Waals surface area contributed by atoms with E-state index in [0.717, 1.165) is 10.8 Å². The quantitative estimate of drug-likeness (QED) is 0.862. The van der Waals surface area contributed by atoms with Gasteiger partial charge < -0.3 is 10.1 Å². The summed E-state index contributed by atoms with van der Waals surface area (Å²) in [5, 5.41) is 5.14. The SMILES string of the molecule is O=S1(=O)CC=C(NC(=S)Oc2ccc3ccccc3c2)C1. The Hall–Kier alpha value is -1.92. The van der Waals surface area contributed by atoms with E-state index in [4.69, 9.17) is 17.0 Å². The summed E-state index contributed by atoms with van der Waals surface area (Å²) in [5.41, 5.74) is 0.570. The van der Waals surface area contributed by atoms with Gasteiger partial charge in [0.15, 0.2) is 9.84 Å². The zero-order valence-electron chi connectivity index (χ0n) is 11.1. The molecule has 0 amide bonds. The Kier molecular flexibility index (Phi) is 3.65. The minimum Gasteiger partial charge on any atom is -0.432 e. The van der Waals surface area contributed by atoms with Gasteiger partial charge in [0, 0.05) is 5.70 Å². The van der Waals surface area contributed by atoms with Gasteiger partial charge in [-0.05, 0) is 41.2 Å². The summed E-state index contributed by atoms with van der Waals surface area (Å²) in [6.07, 6.45) is 1.62. The number of hydrogen-bond donors (Lipinski definition) is 1. The highest BCUT2D eigenvalue weighted by molar-refractivity contribution is 7.92. The van der Waals surface area contributed by atoms with E-state index < -0.39 is 9.84 Å². The van der Waals surface area contributed by atoms with E-state index in [0.29, 0.717) is 11.4 Å². The fourth-order valence-corrected chi connectivity index (χ4v) is 3.63. The second-order valence-corrected chi connectivity index (χ2v) is 7.29. The van der Waals surface area contributed by atoms with Crippen LogP contribution in [0.2, 0.25) is 0 Å². The number of benzene rings is 2. The number of nitrogens with one attached hydrogen (secondary N) is 1. The van der Waals surface area contributed by atoms with E-state index in [1.54, 1.807) is 6.08 Å². The monoisotopic (exact) mass is 319 g/mol. The maximum Gasteiger partial charge on any atom is 0.266 e. The molecular weight excluding hydrogens is 306 g/mol. The van der Waals surface area contributed by atoms with Gasteiger partial charge in [-0.2, -0.15) is 0 Å². The number of ether oxygens (including phenoxy) is 1. The van der Waals surface area contributed by atoms with Crippen LogP contribution in [0.15, 0.2) is 54.2 Å². The molecule has 3 rings (SSSR count). The van der Waals surface area contributed by atoms with Gasteiger partial charge in [-0.25, -0.2) is 8.42 Å². The molecule has 0 aromatic heterocycles. The molecular formula is C15H13NO3S2. The molecule has 2 aromatic rings. The third-order valence-corrected chi connectivity index (χ3v) is 4.76. The maximum atomic E-state index is 11.4. The molecule has 2 aromatic carbocycles. The lowest BCUT2D eigenvalue weighted by atomic mass is 10.1. The molecule has 0 fully saturated rings. The Balaban J connectivity index is 1.69. The van der Waals surface area contributed by atoms with Crippen LogP contribution in [0.4, 0.5) is 0 Å². The average molecular weight is 319 g/mol. The normalized spacial score (nSPS) is 16.5. The van der Waals surface area contributed by atoms with E-state index in [2.05, 4.69) is 5.32 Å². The number of hydrogen-bond acceptors (Lipinski definition) is 4. The largest absolute Gasteiger partial charge is 0.432 e. The molecule has 0 unspecified atom stereocenters. The van der Waals surface area contributed by atoms with Crippen molar-refractivity contribution < 1.29 is 13.2 Å². The van der Waals surface area contributed by atoms with Gasteiger partial charge in [0.1, 0.15) is 5.75 Å². The standard InChI is InChI=1S/C15H13NO3S2/c17-21(18)8-7-13(10-21)16-15(20)19-14-6-5-11-3-1-2-4-12(11)9-14/h1-7,9H,8,10H2,(H,16,20). The minimum atomic E-state index is -3.01. The van der Waals surface area contributed by atoms with Crippen LogP contribution < -0.4 is 10.1 Å². The minimum absolute atomic E-state index is 0.0196. The van der Waals surface area contributed by atoms with Gasteiger partial charge in [0.25, 0.3) is 5.17 Å². The predicted octanol–water partition coefficient (Wildman–Crippen LogP) is 2.41. The van der Waals surface area contributed by atoms with E-state index >= 15 is 0 Å². The predicted molar refractivity (Wildman–Crippen MR) is 87.0 cm³/mol. The van der Waals surface area contributed by atoms with Crippen LogP contribution in [0.25, 0.3) is 10.8 Å². The molecule has 21 heavy (non-hydrogen) atoms. The maximum absolute atomic E-state index is 11.4. The number of rotatable bonds is 2. The van der Waals surface area contributed by atoms with E-state index in [-0.39, 0.29) is 16.7 Å². The van der Waals surface area contributed by atoms with Gasteiger partial charge >= 0.3 is 0 Å². The Morgan fingerprint density at radius 1 is 1.14 bits per heavy atom. The molecule has 1 N–H and O–H groups in total. The molecule has 6 heteroatoms. The summed E-state index contributed by atoms with van der Waals surface area (Å²) in [6, 6.07) is 13.6. The molecule has 1 aliphatic heterocycles. The number of fused-ring (bicyclic) bond motifs is 1. The molecule has 4 nitrogen and oxygen atoms in total. The first-order valence-electron chi connectivity index (χ1n) is 6.39. The molecule has 1 heterocycles. The fraction of sp³-hybridized carbons (Fsp3) is 0.133. The van der Waals surface area contributed by atoms with Crippen molar-refractivity contribution in [3.63, 3.8) is 0 Å².